The number of thiophene rings is 2. The van der Waals surface area contributed by atoms with Crippen LogP contribution in [0.15, 0.2) is 14.3 Å². The van der Waals surface area contributed by atoms with E-state index in [-0.39, 0.29) is 11.5 Å². The number of halogens is 2. The van der Waals surface area contributed by atoms with Gasteiger partial charge in [-0.1, -0.05) is 0 Å². The van der Waals surface area contributed by atoms with Gasteiger partial charge in [0.2, 0.25) is 0 Å². The van der Waals surface area contributed by atoms with Crippen molar-refractivity contribution in [1.82, 2.24) is 0 Å². The normalized spacial score (nSPS) is 13.2. The third kappa shape index (κ3) is 2.81. The molecule has 8 heteroatoms. The summed E-state index contributed by atoms with van der Waals surface area (Å²) in [5.41, 5.74) is 1.15. The standard InChI is InChI=1S/C13H9Br2NO3S2/c14-6-4-8(20-10(6)15)11(17)16-12-9(13(18)19)5-2-1-3-7(5)21-12/h4H,1-3H2,(H,16,17)(H,18,19). The summed E-state index contributed by atoms with van der Waals surface area (Å²) in [5.74, 6) is -1.26. The number of carbonyl (C=O) groups is 2. The Balaban J connectivity index is 1.91. The summed E-state index contributed by atoms with van der Waals surface area (Å²) >= 11 is 9.36. The summed E-state index contributed by atoms with van der Waals surface area (Å²) in [6, 6.07) is 1.71. The summed E-state index contributed by atoms with van der Waals surface area (Å²) < 4.78 is 1.64. The predicted molar refractivity (Wildman–Crippen MR) is 91.0 cm³/mol. The van der Waals surface area contributed by atoms with Crippen LogP contribution >= 0.6 is 54.5 Å². The molecular formula is C13H9Br2NO3S2. The fraction of sp³-hybridized carbons (Fsp3) is 0.231. The van der Waals surface area contributed by atoms with Crippen molar-refractivity contribution in [3.05, 3.63) is 35.2 Å². The Morgan fingerprint density at radius 2 is 2.00 bits per heavy atom. The first-order valence-corrected chi connectivity index (χ1v) is 9.33. The topological polar surface area (TPSA) is 66.4 Å². The molecule has 0 saturated heterocycles. The number of amides is 1. The molecule has 1 aliphatic rings. The van der Waals surface area contributed by atoms with E-state index >= 15 is 0 Å². The van der Waals surface area contributed by atoms with Crippen molar-refractivity contribution in [1.29, 1.82) is 0 Å². The Morgan fingerprint density at radius 1 is 1.24 bits per heavy atom. The molecule has 0 saturated carbocycles. The molecule has 0 unspecified atom stereocenters. The smallest absolute Gasteiger partial charge is 0.339 e. The van der Waals surface area contributed by atoms with E-state index in [0.29, 0.717) is 9.88 Å². The lowest BCUT2D eigenvalue weighted by atomic mass is 10.1. The van der Waals surface area contributed by atoms with Crippen molar-refractivity contribution in [2.45, 2.75) is 19.3 Å². The van der Waals surface area contributed by atoms with Crippen LogP contribution in [0.25, 0.3) is 0 Å². The van der Waals surface area contributed by atoms with Gasteiger partial charge >= 0.3 is 5.97 Å². The van der Waals surface area contributed by atoms with Crippen LogP contribution in [-0.2, 0) is 12.8 Å². The molecule has 1 amide bonds. The maximum atomic E-state index is 12.3. The predicted octanol–water partition coefficient (Wildman–Crippen LogP) is 4.77. The zero-order valence-electron chi connectivity index (χ0n) is 10.5. The van der Waals surface area contributed by atoms with E-state index in [2.05, 4.69) is 37.2 Å². The lowest BCUT2D eigenvalue weighted by molar-refractivity contribution is 0.0697. The number of hydrogen-bond donors (Lipinski definition) is 2. The summed E-state index contributed by atoms with van der Waals surface area (Å²) in [7, 11) is 0. The van der Waals surface area contributed by atoms with Gasteiger partial charge in [-0.2, -0.15) is 0 Å². The molecule has 3 rings (SSSR count). The van der Waals surface area contributed by atoms with Gasteiger partial charge in [0, 0.05) is 9.35 Å². The Labute approximate surface area is 145 Å². The maximum Gasteiger partial charge on any atom is 0.339 e. The van der Waals surface area contributed by atoms with Crippen LogP contribution < -0.4 is 5.32 Å². The number of aromatic carboxylic acids is 1. The molecule has 2 N–H and O–H groups in total. The lowest BCUT2D eigenvalue weighted by Crippen LogP contribution is -2.12. The molecule has 0 radical (unpaired) electrons. The molecule has 0 fully saturated rings. The van der Waals surface area contributed by atoms with E-state index in [1.54, 1.807) is 6.07 Å². The first-order chi connectivity index (χ1) is 9.97. The van der Waals surface area contributed by atoms with Crippen molar-refractivity contribution < 1.29 is 14.7 Å². The molecule has 2 aromatic rings. The van der Waals surface area contributed by atoms with Crippen LogP contribution in [-0.4, -0.2) is 17.0 Å². The van der Waals surface area contributed by atoms with Gasteiger partial charge in [0.1, 0.15) is 5.00 Å². The van der Waals surface area contributed by atoms with Crippen molar-refractivity contribution in [3.8, 4) is 0 Å². The summed E-state index contributed by atoms with van der Waals surface area (Å²) in [6.07, 6.45) is 2.66. The van der Waals surface area contributed by atoms with Gasteiger partial charge in [-0.3, -0.25) is 4.79 Å². The van der Waals surface area contributed by atoms with Gasteiger partial charge in [-0.25, -0.2) is 4.79 Å². The molecule has 0 spiro atoms. The van der Waals surface area contributed by atoms with E-state index < -0.39 is 5.97 Å². The Morgan fingerprint density at radius 3 is 2.62 bits per heavy atom. The summed E-state index contributed by atoms with van der Waals surface area (Å²) in [6.45, 7) is 0. The van der Waals surface area contributed by atoms with Crippen molar-refractivity contribution >= 4 is 71.4 Å². The van der Waals surface area contributed by atoms with Crippen LogP contribution in [0.5, 0.6) is 0 Å². The summed E-state index contributed by atoms with van der Waals surface area (Å²) in [5, 5.41) is 12.6. The Kier molecular flexibility index (Phi) is 4.22. The highest BCUT2D eigenvalue weighted by Crippen LogP contribution is 2.40. The molecule has 0 aliphatic heterocycles. The monoisotopic (exact) mass is 449 g/mol. The van der Waals surface area contributed by atoms with Gasteiger partial charge in [-0.15, -0.1) is 22.7 Å². The second kappa shape index (κ2) is 5.83. The van der Waals surface area contributed by atoms with E-state index in [4.69, 9.17) is 0 Å². The average Bonchev–Trinajstić information content (AvgIpc) is 3.04. The zero-order valence-corrected chi connectivity index (χ0v) is 15.3. The van der Waals surface area contributed by atoms with Crippen LogP contribution in [0.1, 0.15) is 36.9 Å². The van der Waals surface area contributed by atoms with E-state index in [1.165, 1.54) is 22.7 Å². The number of aryl methyl sites for hydroxylation is 1. The van der Waals surface area contributed by atoms with Gasteiger partial charge in [0.05, 0.1) is 14.2 Å². The van der Waals surface area contributed by atoms with Crippen molar-refractivity contribution in [2.75, 3.05) is 5.32 Å². The maximum absolute atomic E-state index is 12.3. The highest BCUT2D eigenvalue weighted by Gasteiger charge is 2.27. The van der Waals surface area contributed by atoms with Gasteiger partial charge in [-0.05, 0) is 62.8 Å². The molecule has 4 nitrogen and oxygen atoms in total. The zero-order chi connectivity index (χ0) is 15.1. The number of hydrogen-bond acceptors (Lipinski definition) is 4. The number of carbonyl (C=O) groups excluding carboxylic acids is 1. The quantitative estimate of drug-likeness (QED) is 0.707. The van der Waals surface area contributed by atoms with Gasteiger partial charge in [0.25, 0.3) is 5.91 Å². The first kappa shape index (κ1) is 15.2. The van der Waals surface area contributed by atoms with Crippen molar-refractivity contribution in [2.24, 2.45) is 0 Å². The molecule has 0 atom stereocenters. The average molecular weight is 451 g/mol. The Bertz CT molecular complexity index is 731. The number of anilines is 1. The molecule has 0 bridgehead atoms. The number of rotatable bonds is 3. The van der Waals surface area contributed by atoms with Crippen molar-refractivity contribution in [3.63, 3.8) is 0 Å². The summed E-state index contributed by atoms with van der Waals surface area (Å²) in [4.78, 5) is 25.3. The number of carboxylic acid groups (broad SMARTS) is 1. The van der Waals surface area contributed by atoms with Crippen LogP contribution in [0, 0.1) is 0 Å². The van der Waals surface area contributed by atoms with E-state index in [0.717, 1.165) is 38.0 Å². The molecular weight excluding hydrogens is 442 g/mol. The largest absolute Gasteiger partial charge is 0.478 e. The molecule has 21 heavy (non-hydrogen) atoms. The molecule has 1 aliphatic carbocycles. The van der Waals surface area contributed by atoms with Gasteiger partial charge in [0.15, 0.2) is 0 Å². The molecule has 2 heterocycles. The Hall–Kier alpha value is -0.700. The van der Waals surface area contributed by atoms with Crippen LogP contribution in [0.2, 0.25) is 0 Å². The second-order valence-electron chi connectivity index (χ2n) is 4.55. The third-order valence-electron chi connectivity index (χ3n) is 3.23. The van der Waals surface area contributed by atoms with Gasteiger partial charge < -0.3 is 10.4 Å². The first-order valence-electron chi connectivity index (χ1n) is 6.11. The highest BCUT2D eigenvalue weighted by atomic mass is 79.9. The number of fused-ring (bicyclic) bond motifs is 1. The van der Waals surface area contributed by atoms with E-state index in [1.807, 2.05) is 0 Å². The SMILES string of the molecule is O=C(Nc1sc2c(c1C(=O)O)CCC2)c1cc(Br)c(Br)s1. The highest BCUT2D eigenvalue weighted by molar-refractivity contribution is 9.13. The lowest BCUT2D eigenvalue weighted by Gasteiger charge is -2.03. The van der Waals surface area contributed by atoms with Crippen LogP contribution in [0.4, 0.5) is 5.00 Å². The van der Waals surface area contributed by atoms with Crippen LogP contribution in [0.3, 0.4) is 0 Å². The van der Waals surface area contributed by atoms with E-state index in [9.17, 15) is 14.7 Å². The third-order valence-corrected chi connectivity index (χ3v) is 7.69. The number of carboxylic acids is 1. The molecule has 0 aromatic carbocycles. The fourth-order valence-electron chi connectivity index (χ4n) is 2.34. The minimum atomic E-state index is -0.974. The second-order valence-corrected chi connectivity index (χ2v) is 8.88. The number of nitrogens with one attached hydrogen (secondary N) is 1. The molecule has 2 aromatic heterocycles. The minimum absolute atomic E-state index is 0.260. The fourth-order valence-corrected chi connectivity index (χ4v) is 5.55. The molecule has 110 valence electrons. The minimum Gasteiger partial charge on any atom is -0.478 e.